The van der Waals surface area contributed by atoms with Gasteiger partial charge in [0.05, 0.1) is 18.6 Å². The van der Waals surface area contributed by atoms with Gasteiger partial charge in [0, 0.05) is 25.4 Å². The molecule has 1 heterocycles. The first-order chi connectivity index (χ1) is 6.69. The van der Waals surface area contributed by atoms with Crippen LogP contribution in [0.2, 0.25) is 0 Å². The highest BCUT2D eigenvalue weighted by Gasteiger charge is 2.09. The standard InChI is InChI=1S/C10H19N3O/c1-8-9(2)13(7-12-8)5-10(11-3)6-14-4/h7,10-11H,5-6H2,1-4H3. The lowest BCUT2D eigenvalue weighted by Crippen LogP contribution is -2.34. The third-order valence-electron chi connectivity index (χ3n) is 2.54. The first kappa shape index (κ1) is 11.2. The predicted molar refractivity (Wildman–Crippen MR) is 56.4 cm³/mol. The zero-order valence-corrected chi connectivity index (χ0v) is 9.37. The van der Waals surface area contributed by atoms with Crippen LogP contribution in [0.25, 0.3) is 0 Å². The Bertz CT molecular complexity index is 283. The van der Waals surface area contributed by atoms with Crippen molar-refractivity contribution < 1.29 is 4.74 Å². The summed E-state index contributed by atoms with van der Waals surface area (Å²) in [5.41, 5.74) is 2.32. The zero-order valence-electron chi connectivity index (χ0n) is 9.37. The fourth-order valence-corrected chi connectivity index (χ4v) is 1.39. The van der Waals surface area contributed by atoms with Gasteiger partial charge in [0.15, 0.2) is 0 Å². The molecule has 80 valence electrons. The average molecular weight is 197 g/mol. The minimum atomic E-state index is 0.340. The third kappa shape index (κ3) is 2.56. The summed E-state index contributed by atoms with van der Waals surface area (Å²) in [4.78, 5) is 4.26. The molecule has 1 aromatic heterocycles. The molecule has 4 nitrogen and oxygen atoms in total. The van der Waals surface area contributed by atoms with Gasteiger partial charge >= 0.3 is 0 Å². The molecule has 0 aliphatic rings. The zero-order chi connectivity index (χ0) is 10.6. The highest BCUT2D eigenvalue weighted by atomic mass is 16.5. The topological polar surface area (TPSA) is 39.1 Å². The highest BCUT2D eigenvalue weighted by molar-refractivity contribution is 5.08. The monoisotopic (exact) mass is 197 g/mol. The summed E-state index contributed by atoms with van der Waals surface area (Å²) in [6.07, 6.45) is 1.88. The molecule has 1 unspecified atom stereocenters. The van der Waals surface area contributed by atoms with E-state index in [-0.39, 0.29) is 0 Å². The number of hydrogen-bond donors (Lipinski definition) is 1. The van der Waals surface area contributed by atoms with Gasteiger partial charge in [-0.05, 0) is 20.9 Å². The number of aryl methyl sites for hydroxylation is 1. The van der Waals surface area contributed by atoms with Gasteiger partial charge in [-0.1, -0.05) is 0 Å². The lowest BCUT2D eigenvalue weighted by Gasteiger charge is -2.16. The van der Waals surface area contributed by atoms with E-state index in [2.05, 4.69) is 21.8 Å². The molecule has 1 N–H and O–H groups in total. The van der Waals surface area contributed by atoms with E-state index in [4.69, 9.17) is 4.74 Å². The van der Waals surface area contributed by atoms with Crippen molar-refractivity contribution in [2.45, 2.75) is 26.4 Å². The maximum atomic E-state index is 5.12. The van der Waals surface area contributed by atoms with Gasteiger partial charge in [0.25, 0.3) is 0 Å². The van der Waals surface area contributed by atoms with E-state index in [1.165, 1.54) is 5.69 Å². The molecular weight excluding hydrogens is 178 g/mol. The molecule has 0 saturated carbocycles. The van der Waals surface area contributed by atoms with Gasteiger partial charge in [-0.25, -0.2) is 4.98 Å². The van der Waals surface area contributed by atoms with Gasteiger partial charge in [-0.15, -0.1) is 0 Å². The van der Waals surface area contributed by atoms with Crippen molar-refractivity contribution in [3.05, 3.63) is 17.7 Å². The fourth-order valence-electron chi connectivity index (χ4n) is 1.39. The van der Waals surface area contributed by atoms with Crippen molar-refractivity contribution in [1.29, 1.82) is 0 Å². The number of rotatable bonds is 5. The van der Waals surface area contributed by atoms with Crippen LogP contribution in [0.3, 0.4) is 0 Å². The second-order valence-corrected chi connectivity index (χ2v) is 3.51. The molecule has 0 radical (unpaired) electrons. The summed E-state index contributed by atoms with van der Waals surface area (Å²) in [5.74, 6) is 0. The van der Waals surface area contributed by atoms with Crippen LogP contribution in [0, 0.1) is 13.8 Å². The molecule has 1 aromatic rings. The van der Waals surface area contributed by atoms with Crippen molar-refractivity contribution in [2.24, 2.45) is 0 Å². The van der Waals surface area contributed by atoms with E-state index < -0.39 is 0 Å². The number of imidazole rings is 1. The first-order valence-corrected chi connectivity index (χ1v) is 4.83. The van der Waals surface area contributed by atoms with E-state index in [1.807, 2.05) is 20.3 Å². The van der Waals surface area contributed by atoms with Crippen molar-refractivity contribution in [3.8, 4) is 0 Å². The fraction of sp³-hybridized carbons (Fsp3) is 0.700. The molecule has 1 atom stereocenters. The molecule has 0 aliphatic heterocycles. The Kier molecular flexibility index (Phi) is 4.10. The van der Waals surface area contributed by atoms with E-state index in [1.54, 1.807) is 7.11 Å². The van der Waals surface area contributed by atoms with Crippen LogP contribution in [-0.4, -0.2) is 36.4 Å². The molecule has 0 aromatic carbocycles. The van der Waals surface area contributed by atoms with Crippen LogP contribution in [0.15, 0.2) is 6.33 Å². The smallest absolute Gasteiger partial charge is 0.0951 e. The SMILES string of the molecule is CNC(COC)Cn1cnc(C)c1C. The summed E-state index contributed by atoms with van der Waals surface area (Å²) in [5, 5.41) is 3.21. The van der Waals surface area contributed by atoms with Crippen LogP contribution in [0.1, 0.15) is 11.4 Å². The van der Waals surface area contributed by atoms with Crippen LogP contribution < -0.4 is 5.32 Å². The molecular formula is C10H19N3O. The van der Waals surface area contributed by atoms with Gasteiger partial charge in [0.1, 0.15) is 0 Å². The van der Waals surface area contributed by atoms with E-state index in [0.29, 0.717) is 12.6 Å². The number of aromatic nitrogens is 2. The molecule has 0 bridgehead atoms. The number of hydrogen-bond acceptors (Lipinski definition) is 3. The minimum absolute atomic E-state index is 0.340. The Morgan fingerprint density at radius 1 is 1.57 bits per heavy atom. The molecule has 0 saturated heterocycles. The summed E-state index contributed by atoms with van der Waals surface area (Å²) in [6.45, 7) is 5.72. The van der Waals surface area contributed by atoms with Crippen LogP contribution in [0.5, 0.6) is 0 Å². The Morgan fingerprint density at radius 2 is 2.29 bits per heavy atom. The Morgan fingerprint density at radius 3 is 2.71 bits per heavy atom. The van der Waals surface area contributed by atoms with Crippen LogP contribution in [0.4, 0.5) is 0 Å². The predicted octanol–water partition coefficient (Wildman–Crippen LogP) is 0.734. The molecule has 0 amide bonds. The number of methoxy groups -OCH3 is 1. The maximum absolute atomic E-state index is 5.12. The van der Waals surface area contributed by atoms with Crippen LogP contribution >= 0.6 is 0 Å². The minimum Gasteiger partial charge on any atom is -0.383 e. The second kappa shape index (κ2) is 5.12. The van der Waals surface area contributed by atoms with Crippen molar-refractivity contribution >= 4 is 0 Å². The van der Waals surface area contributed by atoms with E-state index in [9.17, 15) is 0 Å². The highest BCUT2D eigenvalue weighted by Crippen LogP contribution is 2.05. The summed E-state index contributed by atoms with van der Waals surface area (Å²) >= 11 is 0. The lowest BCUT2D eigenvalue weighted by molar-refractivity contribution is 0.162. The van der Waals surface area contributed by atoms with Gasteiger partial charge < -0.3 is 14.6 Å². The maximum Gasteiger partial charge on any atom is 0.0951 e. The molecule has 14 heavy (non-hydrogen) atoms. The molecule has 1 rings (SSSR count). The van der Waals surface area contributed by atoms with E-state index >= 15 is 0 Å². The Labute approximate surface area is 85.3 Å². The summed E-state index contributed by atoms with van der Waals surface area (Å²) in [6, 6.07) is 0.340. The number of nitrogens with zero attached hydrogens (tertiary/aromatic N) is 2. The molecule has 0 aliphatic carbocycles. The van der Waals surface area contributed by atoms with E-state index in [0.717, 1.165) is 12.2 Å². The number of nitrogens with one attached hydrogen (secondary N) is 1. The third-order valence-corrected chi connectivity index (χ3v) is 2.54. The second-order valence-electron chi connectivity index (χ2n) is 3.51. The van der Waals surface area contributed by atoms with Gasteiger partial charge in [-0.2, -0.15) is 0 Å². The summed E-state index contributed by atoms with van der Waals surface area (Å²) in [7, 11) is 3.67. The Balaban J connectivity index is 2.62. The molecule has 0 spiro atoms. The number of ether oxygens (including phenoxy) is 1. The van der Waals surface area contributed by atoms with Gasteiger partial charge in [0.2, 0.25) is 0 Å². The van der Waals surface area contributed by atoms with Gasteiger partial charge in [-0.3, -0.25) is 0 Å². The Hall–Kier alpha value is -0.870. The first-order valence-electron chi connectivity index (χ1n) is 4.83. The van der Waals surface area contributed by atoms with Crippen molar-refractivity contribution in [3.63, 3.8) is 0 Å². The van der Waals surface area contributed by atoms with Crippen molar-refractivity contribution in [1.82, 2.24) is 14.9 Å². The summed E-state index contributed by atoms with van der Waals surface area (Å²) < 4.78 is 7.27. The quantitative estimate of drug-likeness (QED) is 0.756. The van der Waals surface area contributed by atoms with Crippen molar-refractivity contribution in [2.75, 3.05) is 20.8 Å². The number of likely N-dealkylation sites (N-methyl/N-ethyl adjacent to an activating group) is 1. The largest absolute Gasteiger partial charge is 0.383 e. The van der Waals surface area contributed by atoms with Crippen LogP contribution in [-0.2, 0) is 11.3 Å². The normalized spacial score (nSPS) is 13.1. The molecule has 0 fully saturated rings. The lowest BCUT2D eigenvalue weighted by atomic mass is 10.3. The average Bonchev–Trinajstić information content (AvgIpc) is 2.49. The molecule has 4 heteroatoms.